The van der Waals surface area contributed by atoms with Crippen molar-refractivity contribution in [2.75, 3.05) is 6.61 Å². The number of carbonyl (C=O) groups is 1. The van der Waals surface area contributed by atoms with E-state index in [9.17, 15) is 4.79 Å². The van der Waals surface area contributed by atoms with Crippen LogP contribution < -0.4 is 0 Å². The summed E-state index contributed by atoms with van der Waals surface area (Å²) in [6.45, 7) is 2.00. The summed E-state index contributed by atoms with van der Waals surface area (Å²) >= 11 is 0.877. The van der Waals surface area contributed by atoms with Crippen LogP contribution in [0.1, 0.15) is 17.4 Å². The highest BCUT2D eigenvalue weighted by Crippen LogP contribution is 2.14. The fraction of sp³-hybridized carbons (Fsp3) is 0.333. The Kier molecular flexibility index (Phi) is 2.43. The SMILES string of the molecule is CCOC(=O)c1[c]sc(O)n1. The molecular formula is C6H6NO3S. The van der Waals surface area contributed by atoms with E-state index in [1.807, 2.05) is 0 Å². The molecule has 0 saturated heterocycles. The van der Waals surface area contributed by atoms with Gasteiger partial charge < -0.3 is 9.84 Å². The Morgan fingerprint density at radius 1 is 1.91 bits per heavy atom. The van der Waals surface area contributed by atoms with Gasteiger partial charge in [0.25, 0.3) is 5.19 Å². The number of hydrogen-bond donors (Lipinski definition) is 1. The Hall–Kier alpha value is -1.10. The van der Waals surface area contributed by atoms with Crippen LogP contribution in [0.3, 0.4) is 0 Å². The molecule has 1 aromatic heterocycles. The number of aromatic hydroxyl groups is 1. The molecule has 0 bridgehead atoms. The minimum absolute atomic E-state index is 0.0364. The molecule has 0 spiro atoms. The summed E-state index contributed by atoms with van der Waals surface area (Å²) in [7, 11) is 0. The molecule has 0 aliphatic carbocycles. The first kappa shape index (κ1) is 8.00. The number of nitrogens with zero attached hydrogens (tertiary/aromatic N) is 1. The Morgan fingerprint density at radius 3 is 3.09 bits per heavy atom. The van der Waals surface area contributed by atoms with Gasteiger partial charge in [0.2, 0.25) is 0 Å². The van der Waals surface area contributed by atoms with Crippen LogP contribution in [0.5, 0.6) is 5.19 Å². The molecule has 11 heavy (non-hydrogen) atoms. The van der Waals surface area contributed by atoms with Crippen LogP contribution in [0.4, 0.5) is 0 Å². The highest BCUT2D eigenvalue weighted by atomic mass is 32.1. The average molecular weight is 172 g/mol. The molecule has 1 aromatic rings. The standard InChI is InChI=1S/C6H6NO3S/c1-2-10-5(8)4-3-11-6(9)7-4/h2H2,1H3,(H,7,9). The summed E-state index contributed by atoms with van der Waals surface area (Å²) < 4.78 is 4.60. The van der Waals surface area contributed by atoms with E-state index in [4.69, 9.17) is 5.11 Å². The Morgan fingerprint density at radius 2 is 2.64 bits per heavy atom. The lowest BCUT2D eigenvalue weighted by atomic mass is 10.5. The second-order valence-electron chi connectivity index (χ2n) is 1.67. The Bertz CT molecular complexity index is 258. The van der Waals surface area contributed by atoms with Crippen molar-refractivity contribution in [3.63, 3.8) is 0 Å². The highest BCUT2D eigenvalue weighted by molar-refractivity contribution is 7.11. The van der Waals surface area contributed by atoms with Crippen molar-refractivity contribution < 1.29 is 14.6 Å². The van der Waals surface area contributed by atoms with E-state index < -0.39 is 5.97 Å². The first-order valence-electron chi connectivity index (χ1n) is 2.98. The van der Waals surface area contributed by atoms with E-state index in [2.05, 4.69) is 15.1 Å². The summed E-state index contributed by atoms with van der Waals surface area (Å²) in [5.41, 5.74) is 0.0364. The summed E-state index contributed by atoms with van der Waals surface area (Å²) in [6, 6.07) is 0. The van der Waals surface area contributed by atoms with Crippen molar-refractivity contribution in [2.24, 2.45) is 0 Å². The quantitative estimate of drug-likeness (QED) is 0.671. The number of hydrogen-bond acceptors (Lipinski definition) is 5. The lowest BCUT2D eigenvalue weighted by Crippen LogP contribution is -2.04. The fourth-order valence-corrected chi connectivity index (χ4v) is 0.976. The van der Waals surface area contributed by atoms with Gasteiger partial charge in [0.05, 0.1) is 12.0 Å². The second kappa shape index (κ2) is 3.34. The fourth-order valence-electron chi connectivity index (χ4n) is 0.522. The number of carbonyl (C=O) groups excluding carboxylic acids is 1. The van der Waals surface area contributed by atoms with Crippen molar-refractivity contribution in [1.29, 1.82) is 0 Å². The van der Waals surface area contributed by atoms with Gasteiger partial charge in [0, 0.05) is 0 Å². The lowest BCUT2D eigenvalue weighted by molar-refractivity contribution is 0.0519. The molecular weight excluding hydrogens is 166 g/mol. The zero-order valence-corrected chi connectivity index (χ0v) is 6.64. The van der Waals surface area contributed by atoms with E-state index in [1.165, 1.54) is 0 Å². The van der Waals surface area contributed by atoms with Gasteiger partial charge in [-0.2, -0.15) is 4.98 Å². The van der Waals surface area contributed by atoms with Crippen LogP contribution in [0.15, 0.2) is 0 Å². The molecule has 0 fully saturated rings. The number of aromatic nitrogens is 1. The lowest BCUT2D eigenvalue weighted by Gasteiger charge is -1.94. The van der Waals surface area contributed by atoms with Crippen LogP contribution in [0.25, 0.3) is 0 Å². The smallest absolute Gasteiger partial charge is 0.358 e. The molecule has 1 N–H and O–H groups in total. The van der Waals surface area contributed by atoms with Crippen LogP contribution in [-0.4, -0.2) is 22.7 Å². The first-order chi connectivity index (χ1) is 5.24. The van der Waals surface area contributed by atoms with Crippen molar-refractivity contribution in [3.05, 3.63) is 11.1 Å². The Balaban J connectivity index is 2.69. The van der Waals surface area contributed by atoms with E-state index >= 15 is 0 Å². The molecule has 0 unspecified atom stereocenters. The van der Waals surface area contributed by atoms with Gasteiger partial charge in [0.1, 0.15) is 0 Å². The maximum atomic E-state index is 10.8. The molecule has 0 amide bonds. The van der Waals surface area contributed by atoms with Gasteiger partial charge in [-0.25, -0.2) is 4.79 Å². The second-order valence-corrected chi connectivity index (χ2v) is 2.44. The largest absolute Gasteiger partial charge is 0.486 e. The van der Waals surface area contributed by atoms with Crippen LogP contribution in [0, 0.1) is 5.38 Å². The third kappa shape index (κ3) is 1.91. The Labute approximate surface area is 67.5 Å². The van der Waals surface area contributed by atoms with Gasteiger partial charge in [-0.1, -0.05) is 11.3 Å². The van der Waals surface area contributed by atoms with E-state index in [-0.39, 0.29) is 10.9 Å². The minimum Gasteiger partial charge on any atom is -0.486 e. The van der Waals surface area contributed by atoms with Crippen molar-refractivity contribution in [2.45, 2.75) is 6.92 Å². The number of thiazole rings is 1. The topological polar surface area (TPSA) is 59.4 Å². The molecule has 0 aromatic carbocycles. The normalized spacial score (nSPS) is 9.55. The van der Waals surface area contributed by atoms with Crippen LogP contribution in [0.2, 0.25) is 0 Å². The van der Waals surface area contributed by atoms with Gasteiger partial charge >= 0.3 is 5.97 Å². The first-order valence-corrected chi connectivity index (χ1v) is 3.80. The van der Waals surface area contributed by atoms with E-state index in [0.717, 1.165) is 11.3 Å². The summed E-state index contributed by atoms with van der Waals surface area (Å²) in [6.07, 6.45) is 0. The average Bonchev–Trinajstić information content (AvgIpc) is 2.36. The molecule has 0 aliphatic heterocycles. The number of ether oxygens (including phenoxy) is 1. The zero-order chi connectivity index (χ0) is 8.27. The molecule has 0 atom stereocenters. The maximum Gasteiger partial charge on any atom is 0.358 e. The van der Waals surface area contributed by atoms with Crippen LogP contribution in [-0.2, 0) is 4.74 Å². The van der Waals surface area contributed by atoms with E-state index in [1.54, 1.807) is 6.92 Å². The van der Waals surface area contributed by atoms with Crippen molar-refractivity contribution >= 4 is 17.3 Å². The van der Waals surface area contributed by atoms with E-state index in [0.29, 0.717) is 6.61 Å². The third-order valence-electron chi connectivity index (χ3n) is 0.915. The summed E-state index contributed by atoms with van der Waals surface area (Å²) in [5, 5.41) is 11.1. The molecule has 1 rings (SSSR count). The molecule has 0 saturated carbocycles. The maximum absolute atomic E-state index is 10.8. The van der Waals surface area contributed by atoms with Gasteiger partial charge in [-0.15, -0.1) is 0 Å². The molecule has 59 valence electrons. The number of esters is 1. The molecule has 0 aliphatic rings. The monoisotopic (exact) mass is 172 g/mol. The van der Waals surface area contributed by atoms with Crippen molar-refractivity contribution in [1.82, 2.24) is 4.98 Å². The number of rotatable bonds is 2. The molecule has 4 nitrogen and oxygen atoms in total. The van der Waals surface area contributed by atoms with Gasteiger partial charge in [-0.05, 0) is 6.92 Å². The zero-order valence-electron chi connectivity index (χ0n) is 5.83. The predicted octanol–water partition coefficient (Wildman–Crippen LogP) is 0.826. The van der Waals surface area contributed by atoms with Crippen molar-refractivity contribution in [3.8, 4) is 5.19 Å². The van der Waals surface area contributed by atoms with Gasteiger partial charge in [-0.3, -0.25) is 0 Å². The van der Waals surface area contributed by atoms with Crippen LogP contribution >= 0.6 is 11.3 Å². The molecule has 1 heterocycles. The summed E-state index contributed by atoms with van der Waals surface area (Å²) in [5.74, 6) is -0.552. The third-order valence-corrected chi connectivity index (χ3v) is 1.48. The molecule has 5 heteroatoms. The highest BCUT2D eigenvalue weighted by Gasteiger charge is 2.10. The molecule has 1 radical (unpaired) electrons. The van der Waals surface area contributed by atoms with Gasteiger partial charge in [0.15, 0.2) is 5.69 Å². The minimum atomic E-state index is -0.552. The predicted molar refractivity (Wildman–Crippen MR) is 38.6 cm³/mol. The summed E-state index contributed by atoms with van der Waals surface area (Å²) in [4.78, 5) is 14.3.